The van der Waals surface area contributed by atoms with E-state index in [4.69, 9.17) is 9.15 Å². The van der Waals surface area contributed by atoms with Crippen LogP contribution in [0, 0.1) is 11.7 Å². The number of oxazole rings is 1. The normalized spacial score (nSPS) is 17.2. The Morgan fingerprint density at radius 2 is 1.93 bits per heavy atom. The molecule has 2 aliphatic rings. The van der Waals surface area contributed by atoms with Crippen LogP contribution in [0.3, 0.4) is 0 Å². The number of carbonyl (C=O) groups is 2. The van der Waals surface area contributed by atoms with Gasteiger partial charge in [-0.05, 0) is 75.4 Å². The first-order valence-electron chi connectivity index (χ1n) is 14.8. The Balaban J connectivity index is 1.35. The van der Waals surface area contributed by atoms with Crippen molar-refractivity contribution in [1.82, 2.24) is 10.3 Å². The smallest absolute Gasteiger partial charge is 0.308 e. The Bertz CT molecular complexity index is 1330. The molecule has 2 aromatic carbocycles. The van der Waals surface area contributed by atoms with Crippen LogP contribution in [0.5, 0.6) is 0 Å². The van der Waals surface area contributed by atoms with Crippen molar-refractivity contribution < 1.29 is 23.1 Å². The van der Waals surface area contributed by atoms with E-state index in [0.29, 0.717) is 43.4 Å². The largest absolute Gasteiger partial charge is 0.460 e. The fourth-order valence-electron chi connectivity index (χ4n) is 6.01. The summed E-state index contributed by atoms with van der Waals surface area (Å²) < 4.78 is 25.3. The minimum Gasteiger partial charge on any atom is -0.460 e. The van der Waals surface area contributed by atoms with E-state index >= 15 is 0 Å². The molecule has 1 amide bonds. The molecule has 3 aromatic rings. The Labute approximate surface area is 241 Å². The maximum atomic E-state index is 13.9. The van der Waals surface area contributed by atoms with Gasteiger partial charge in [-0.15, -0.1) is 0 Å². The molecule has 2 unspecified atom stereocenters. The first-order valence-corrected chi connectivity index (χ1v) is 14.8. The highest BCUT2D eigenvalue weighted by Crippen LogP contribution is 2.30. The standard InChI is InChI=1S/C32H41FN4O4/c1-32(2,3)41-29(38)19-24(20-37-16-15-22-18-23(33)13-14-27(22)37)34-30(39)26(17-21-9-5-4-6-10-21)36-31-35-25-11-7-8-12-28(25)40-31/h7-8,11-14,18,21,24,26H,4-6,9-10,15-17,19-20H2,1-3H3,(H,34,39)(H,35,36). The molecule has 8 nitrogen and oxygen atoms in total. The Hall–Kier alpha value is -3.62. The van der Waals surface area contributed by atoms with Crippen molar-refractivity contribution >= 4 is 34.7 Å². The fraction of sp³-hybridized carbons (Fsp3) is 0.531. The molecule has 0 bridgehead atoms. The number of hydrogen-bond acceptors (Lipinski definition) is 7. The van der Waals surface area contributed by atoms with Crippen molar-refractivity contribution in [3.05, 3.63) is 53.8 Å². The van der Waals surface area contributed by atoms with Crippen molar-refractivity contribution in [3.63, 3.8) is 0 Å². The topological polar surface area (TPSA) is 96.7 Å². The van der Waals surface area contributed by atoms with Gasteiger partial charge in [0.15, 0.2) is 5.58 Å². The van der Waals surface area contributed by atoms with Crippen molar-refractivity contribution in [2.45, 2.75) is 89.8 Å². The van der Waals surface area contributed by atoms with E-state index in [1.54, 1.807) is 12.1 Å². The lowest BCUT2D eigenvalue weighted by Gasteiger charge is -2.30. The number of halogens is 1. The Kier molecular flexibility index (Phi) is 8.80. The number of rotatable bonds is 10. The molecule has 5 rings (SSSR count). The summed E-state index contributed by atoms with van der Waals surface area (Å²) in [6.45, 7) is 6.57. The number of nitrogens with zero attached hydrogens (tertiary/aromatic N) is 2. The summed E-state index contributed by atoms with van der Waals surface area (Å²) in [5.74, 6) is -0.428. The van der Waals surface area contributed by atoms with Crippen LogP contribution in [0.1, 0.15) is 71.3 Å². The van der Waals surface area contributed by atoms with Gasteiger partial charge >= 0.3 is 5.97 Å². The van der Waals surface area contributed by atoms with E-state index in [-0.39, 0.29) is 24.1 Å². The molecular formula is C32H41FN4O4. The number of aromatic nitrogens is 1. The van der Waals surface area contributed by atoms with Crippen molar-refractivity contribution in [1.29, 1.82) is 0 Å². The average molecular weight is 565 g/mol. The maximum absolute atomic E-state index is 13.9. The highest BCUT2D eigenvalue weighted by atomic mass is 19.1. The summed E-state index contributed by atoms with van der Waals surface area (Å²) in [6, 6.07) is 11.5. The van der Waals surface area contributed by atoms with Gasteiger partial charge in [-0.1, -0.05) is 44.2 Å². The van der Waals surface area contributed by atoms with Gasteiger partial charge in [-0.25, -0.2) is 4.39 Å². The summed E-state index contributed by atoms with van der Waals surface area (Å²) in [4.78, 5) is 33.5. The minimum absolute atomic E-state index is 0.0229. The second kappa shape index (κ2) is 12.5. The van der Waals surface area contributed by atoms with E-state index < -0.39 is 17.7 Å². The summed E-state index contributed by atoms with van der Waals surface area (Å²) in [5, 5.41) is 6.43. The maximum Gasteiger partial charge on any atom is 0.308 e. The second-order valence-corrected chi connectivity index (χ2v) is 12.4. The van der Waals surface area contributed by atoms with E-state index in [2.05, 4.69) is 20.5 Å². The molecular weight excluding hydrogens is 523 g/mol. The first kappa shape index (κ1) is 28.9. The monoisotopic (exact) mass is 564 g/mol. The number of amides is 1. The van der Waals surface area contributed by atoms with Crippen molar-refractivity contribution in [2.75, 3.05) is 23.3 Å². The third kappa shape index (κ3) is 7.77. The van der Waals surface area contributed by atoms with Crippen LogP contribution in [-0.2, 0) is 20.7 Å². The highest BCUT2D eigenvalue weighted by molar-refractivity contribution is 5.85. The van der Waals surface area contributed by atoms with Gasteiger partial charge in [-0.2, -0.15) is 4.98 Å². The van der Waals surface area contributed by atoms with Crippen molar-refractivity contribution in [3.8, 4) is 0 Å². The third-order valence-corrected chi connectivity index (χ3v) is 7.86. The molecule has 9 heteroatoms. The van der Waals surface area contributed by atoms with Crippen LogP contribution in [0.4, 0.5) is 16.1 Å². The van der Waals surface area contributed by atoms with Gasteiger partial charge < -0.3 is 24.7 Å². The number of anilines is 2. The molecule has 0 spiro atoms. The number of ether oxygens (including phenoxy) is 1. The van der Waals surface area contributed by atoms with Gasteiger partial charge in [0.2, 0.25) is 5.91 Å². The third-order valence-electron chi connectivity index (χ3n) is 7.86. The molecule has 41 heavy (non-hydrogen) atoms. The predicted octanol–water partition coefficient (Wildman–Crippen LogP) is 6.00. The molecule has 1 aliphatic carbocycles. The lowest BCUT2D eigenvalue weighted by molar-refractivity contribution is -0.155. The molecule has 220 valence electrons. The second-order valence-electron chi connectivity index (χ2n) is 12.4. The van der Waals surface area contributed by atoms with E-state index in [9.17, 15) is 14.0 Å². The molecule has 2 N–H and O–H groups in total. The number of esters is 1. The Morgan fingerprint density at radius 3 is 2.68 bits per heavy atom. The lowest BCUT2D eigenvalue weighted by Crippen LogP contribution is -2.50. The van der Waals surface area contributed by atoms with Crippen molar-refractivity contribution in [2.24, 2.45) is 5.92 Å². The van der Waals surface area contributed by atoms with Crippen LogP contribution in [-0.4, -0.2) is 47.6 Å². The van der Waals surface area contributed by atoms with Crippen LogP contribution in [0.15, 0.2) is 46.9 Å². The zero-order chi connectivity index (χ0) is 29.0. The number of para-hydroxylation sites is 2. The number of carbonyl (C=O) groups excluding carboxylic acids is 2. The minimum atomic E-state index is -0.637. The number of nitrogens with one attached hydrogen (secondary N) is 2. The lowest BCUT2D eigenvalue weighted by atomic mass is 9.84. The molecule has 1 fully saturated rings. The zero-order valence-corrected chi connectivity index (χ0v) is 24.2. The summed E-state index contributed by atoms with van der Waals surface area (Å²) >= 11 is 0. The fourth-order valence-corrected chi connectivity index (χ4v) is 6.01. The van der Waals surface area contributed by atoms with Gasteiger partial charge in [0, 0.05) is 18.8 Å². The number of benzene rings is 2. The molecule has 0 saturated heterocycles. The van der Waals surface area contributed by atoms with Gasteiger partial charge in [0.1, 0.15) is 23.0 Å². The molecule has 1 aliphatic heterocycles. The number of fused-ring (bicyclic) bond motifs is 2. The first-order chi connectivity index (χ1) is 19.6. The van der Waals surface area contributed by atoms with E-state index in [1.807, 2.05) is 45.0 Å². The zero-order valence-electron chi connectivity index (χ0n) is 24.2. The summed E-state index contributed by atoms with van der Waals surface area (Å²) in [7, 11) is 0. The molecule has 1 saturated carbocycles. The average Bonchev–Trinajstić information content (AvgIpc) is 3.50. The SMILES string of the molecule is CC(C)(C)OC(=O)CC(CN1CCc2cc(F)ccc21)NC(=O)C(CC1CCCCC1)Nc1nc2ccccc2o1. The van der Waals surface area contributed by atoms with Gasteiger partial charge in [-0.3, -0.25) is 9.59 Å². The molecule has 2 atom stereocenters. The Morgan fingerprint density at radius 1 is 1.15 bits per heavy atom. The van der Waals surface area contributed by atoms with Crippen LogP contribution in [0.2, 0.25) is 0 Å². The van der Waals surface area contributed by atoms with E-state index in [1.165, 1.54) is 12.5 Å². The van der Waals surface area contributed by atoms with Gasteiger partial charge in [0.25, 0.3) is 6.01 Å². The predicted molar refractivity (Wildman–Crippen MR) is 157 cm³/mol. The van der Waals surface area contributed by atoms with Crippen LogP contribution in [0.25, 0.3) is 11.1 Å². The summed E-state index contributed by atoms with van der Waals surface area (Å²) in [5.41, 5.74) is 2.59. The molecule has 2 heterocycles. The molecule has 1 aromatic heterocycles. The quantitative estimate of drug-likeness (QED) is 0.292. The number of hydrogen-bond donors (Lipinski definition) is 2. The van der Waals surface area contributed by atoms with E-state index in [0.717, 1.165) is 42.5 Å². The summed E-state index contributed by atoms with van der Waals surface area (Å²) in [6.07, 6.45) is 7.11. The van der Waals surface area contributed by atoms with Crippen LogP contribution >= 0.6 is 0 Å². The van der Waals surface area contributed by atoms with Crippen LogP contribution < -0.4 is 15.5 Å². The molecule has 0 radical (unpaired) electrons. The van der Waals surface area contributed by atoms with Gasteiger partial charge in [0.05, 0.1) is 12.5 Å². The highest BCUT2D eigenvalue weighted by Gasteiger charge is 2.31.